The van der Waals surface area contributed by atoms with Gasteiger partial charge in [0.2, 0.25) is 5.91 Å². The number of benzene rings is 1. The van der Waals surface area contributed by atoms with Crippen LogP contribution in [0.3, 0.4) is 0 Å². The van der Waals surface area contributed by atoms with Crippen molar-refractivity contribution in [2.75, 3.05) is 6.54 Å². The molecular weight excluding hydrogens is 307 g/mol. The fraction of sp³-hybridized carbons (Fsp3) is 0.562. The molecule has 0 heterocycles. The number of hydrogen-bond donors (Lipinski definition) is 2. The lowest BCUT2D eigenvalue weighted by molar-refractivity contribution is -0.126. The van der Waals surface area contributed by atoms with Gasteiger partial charge >= 0.3 is 0 Å². The molecule has 114 valence electrons. The Kier molecular flexibility index (Phi) is 4.43. The highest BCUT2D eigenvalue weighted by molar-refractivity contribution is 6.42. The summed E-state index contributed by atoms with van der Waals surface area (Å²) in [4.78, 5) is 12.5. The standard InChI is InChI=1S/C16H20Cl2N2O/c17-13-6-4-11-12(15(13)18)5-7-14(11)20-16(21)10-3-1-2-9(10)8-19/h4,6,9-10,14H,1-3,5,7-8,19H2,(H,20,21)/t9-,10-,14?/m1/s1. The molecule has 0 aliphatic heterocycles. The van der Waals surface area contributed by atoms with Gasteiger partial charge < -0.3 is 11.1 Å². The highest BCUT2D eigenvalue weighted by Crippen LogP contribution is 2.40. The van der Waals surface area contributed by atoms with Gasteiger partial charge in [-0.15, -0.1) is 0 Å². The molecule has 0 aromatic heterocycles. The summed E-state index contributed by atoms with van der Waals surface area (Å²) in [5.41, 5.74) is 7.96. The van der Waals surface area contributed by atoms with Crippen molar-refractivity contribution in [3.8, 4) is 0 Å². The normalized spacial score (nSPS) is 27.7. The largest absolute Gasteiger partial charge is 0.349 e. The molecule has 21 heavy (non-hydrogen) atoms. The van der Waals surface area contributed by atoms with Crippen LogP contribution in [0.1, 0.15) is 42.9 Å². The van der Waals surface area contributed by atoms with Gasteiger partial charge in [-0.1, -0.05) is 35.7 Å². The van der Waals surface area contributed by atoms with Gasteiger partial charge in [0, 0.05) is 5.92 Å². The van der Waals surface area contributed by atoms with Crippen LogP contribution in [0.4, 0.5) is 0 Å². The summed E-state index contributed by atoms with van der Waals surface area (Å²) in [5, 5.41) is 4.41. The first kappa shape index (κ1) is 15.1. The smallest absolute Gasteiger partial charge is 0.223 e. The summed E-state index contributed by atoms with van der Waals surface area (Å²) in [6, 6.07) is 3.85. The van der Waals surface area contributed by atoms with Crippen molar-refractivity contribution in [1.82, 2.24) is 5.32 Å². The molecule has 3 rings (SSSR count). The number of fused-ring (bicyclic) bond motifs is 1. The molecule has 3 N–H and O–H groups in total. The Morgan fingerprint density at radius 1 is 1.29 bits per heavy atom. The lowest BCUT2D eigenvalue weighted by Crippen LogP contribution is -2.36. The molecule has 1 aromatic carbocycles. The SMILES string of the molecule is NC[C@H]1CCC[C@H]1C(=O)NC1CCc2c1ccc(Cl)c2Cl. The van der Waals surface area contributed by atoms with E-state index in [9.17, 15) is 4.79 Å². The number of nitrogens with one attached hydrogen (secondary N) is 1. The zero-order chi connectivity index (χ0) is 15.0. The number of hydrogen-bond acceptors (Lipinski definition) is 2. The van der Waals surface area contributed by atoms with E-state index in [1.54, 1.807) is 0 Å². The van der Waals surface area contributed by atoms with Crippen molar-refractivity contribution < 1.29 is 4.79 Å². The van der Waals surface area contributed by atoms with Gasteiger partial charge in [0.15, 0.2) is 0 Å². The number of carbonyl (C=O) groups is 1. The average molecular weight is 327 g/mol. The molecule has 1 fully saturated rings. The van der Waals surface area contributed by atoms with Crippen molar-refractivity contribution in [2.24, 2.45) is 17.6 Å². The number of rotatable bonds is 3. The van der Waals surface area contributed by atoms with Crippen molar-refractivity contribution in [3.63, 3.8) is 0 Å². The van der Waals surface area contributed by atoms with Gasteiger partial charge in [-0.25, -0.2) is 0 Å². The summed E-state index contributed by atoms with van der Waals surface area (Å²) in [7, 11) is 0. The average Bonchev–Trinajstić information content (AvgIpc) is 3.10. The zero-order valence-electron chi connectivity index (χ0n) is 11.9. The second-order valence-electron chi connectivity index (χ2n) is 6.06. The van der Waals surface area contributed by atoms with Crippen molar-refractivity contribution in [2.45, 2.75) is 38.1 Å². The molecule has 0 radical (unpaired) electrons. The Morgan fingerprint density at radius 3 is 2.86 bits per heavy atom. The first-order chi connectivity index (χ1) is 10.1. The summed E-state index contributed by atoms with van der Waals surface area (Å²) in [6.45, 7) is 0.598. The molecular formula is C16H20Cl2N2O. The lowest BCUT2D eigenvalue weighted by Gasteiger charge is -2.21. The molecule has 1 saturated carbocycles. The Bertz CT molecular complexity index is 561. The highest BCUT2D eigenvalue weighted by atomic mass is 35.5. The van der Waals surface area contributed by atoms with E-state index in [4.69, 9.17) is 28.9 Å². The molecule has 3 atom stereocenters. The van der Waals surface area contributed by atoms with Gasteiger partial charge in [-0.2, -0.15) is 0 Å². The lowest BCUT2D eigenvalue weighted by atomic mass is 9.94. The predicted octanol–water partition coefficient (Wildman–Crippen LogP) is 3.47. The number of halogens is 2. The maximum absolute atomic E-state index is 12.5. The van der Waals surface area contributed by atoms with Crippen molar-refractivity contribution >= 4 is 29.1 Å². The summed E-state index contributed by atoms with van der Waals surface area (Å²) in [6.07, 6.45) is 4.88. The molecule has 2 aliphatic carbocycles. The third kappa shape index (κ3) is 2.79. The minimum atomic E-state index is 0.0568. The number of amides is 1. The second kappa shape index (κ2) is 6.15. The van der Waals surface area contributed by atoms with Gasteiger partial charge in [0.1, 0.15) is 0 Å². The van der Waals surface area contributed by atoms with E-state index in [1.807, 2.05) is 12.1 Å². The predicted molar refractivity (Wildman–Crippen MR) is 85.6 cm³/mol. The molecule has 5 heteroatoms. The Morgan fingerprint density at radius 2 is 2.10 bits per heavy atom. The maximum atomic E-state index is 12.5. The Hall–Kier alpha value is -0.770. The molecule has 1 aromatic rings. The van der Waals surface area contributed by atoms with Crippen LogP contribution in [-0.4, -0.2) is 12.5 Å². The zero-order valence-corrected chi connectivity index (χ0v) is 13.4. The number of carbonyl (C=O) groups excluding carboxylic acids is 1. The van der Waals surface area contributed by atoms with Crippen LogP contribution in [0, 0.1) is 11.8 Å². The van der Waals surface area contributed by atoms with Crippen LogP contribution in [0.2, 0.25) is 10.0 Å². The third-order valence-electron chi connectivity index (χ3n) is 4.91. The van der Waals surface area contributed by atoms with E-state index in [0.29, 0.717) is 22.5 Å². The first-order valence-corrected chi connectivity index (χ1v) is 8.34. The summed E-state index contributed by atoms with van der Waals surface area (Å²) in [5.74, 6) is 0.549. The second-order valence-corrected chi connectivity index (χ2v) is 6.85. The minimum absolute atomic E-state index is 0.0568. The van der Waals surface area contributed by atoms with Crippen LogP contribution in [-0.2, 0) is 11.2 Å². The van der Waals surface area contributed by atoms with Crippen LogP contribution < -0.4 is 11.1 Å². The van der Waals surface area contributed by atoms with Crippen LogP contribution >= 0.6 is 23.2 Å². The maximum Gasteiger partial charge on any atom is 0.223 e. The van der Waals surface area contributed by atoms with E-state index in [0.717, 1.165) is 43.2 Å². The van der Waals surface area contributed by atoms with Crippen LogP contribution in [0.25, 0.3) is 0 Å². The van der Waals surface area contributed by atoms with Crippen LogP contribution in [0.15, 0.2) is 12.1 Å². The fourth-order valence-corrected chi connectivity index (χ4v) is 4.17. The topological polar surface area (TPSA) is 55.1 Å². The molecule has 2 aliphatic rings. The summed E-state index contributed by atoms with van der Waals surface area (Å²) >= 11 is 12.3. The van der Waals surface area contributed by atoms with Crippen LogP contribution in [0.5, 0.6) is 0 Å². The van der Waals surface area contributed by atoms with Gasteiger partial charge in [0.05, 0.1) is 16.1 Å². The Labute approximate surface area is 135 Å². The fourth-order valence-electron chi connectivity index (χ4n) is 3.73. The van der Waals surface area contributed by atoms with Crippen molar-refractivity contribution in [3.05, 3.63) is 33.3 Å². The molecule has 0 bridgehead atoms. The number of nitrogens with two attached hydrogens (primary N) is 1. The Balaban J connectivity index is 1.74. The molecule has 1 amide bonds. The molecule has 1 unspecified atom stereocenters. The van der Waals surface area contributed by atoms with E-state index in [-0.39, 0.29) is 17.9 Å². The van der Waals surface area contributed by atoms with Crippen molar-refractivity contribution in [1.29, 1.82) is 0 Å². The van der Waals surface area contributed by atoms with Gasteiger partial charge in [0.25, 0.3) is 0 Å². The molecule has 3 nitrogen and oxygen atoms in total. The van der Waals surface area contributed by atoms with Gasteiger partial charge in [-0.05, 0) is 55.3 Å². The molecule has 0 spiro atoms. The quantitative estimate of drug-likeness (QED) is 0.893. The van der Waals surface area contributed by atoms with Gasteiger partial charge in [-0.3, -0.25) is 4.79 Å². The van der Waals surface area contributed by atoms with E-state index >= 15 is 0 Å². The third-order valence-corrected chi connectivity index (χ3v) is 5.75. The summed E-state index contributed by atoms with van der Waals surface area (Å²) < 4.78 is 0. The van der Waals surface area contributed by atoms with E-state index in [2.05, 4.69) is 5.32 Å². The highest BCUT2D eigenvalue weighted by Gasteiger charge is 2.34. The first-order valence-electron chi connectivity index (χ1n) is 7.59. The van der Waals surface area contributed by atoms with E-state index in [1.165, 1.54) is 0 Å². The minimum Gasteiger partial charge on any atom is -0.349 e. The molecule has 0 saturated heterocycles. The van der Waals surface area contributed by atoms with E-state index < -0.39 is 0 Å². The monoisotopic (exact) mass is 326 g/mol.